The van der Waals surface area contributed by atoms with Crippen LogP contribution >= 0.6 is 11.6 Å². The van der Waals surface area contributed by atoms with Crippen molar-refractivity contribution in [1.29, 1.82) is 0 Å². The van der Waals surface area contributed by atoms with Gasteiger partial charge in [0.15, 0.2) is 0 Å². The molecular formula is C42H25ClN2O2. The van der Waals surface area contributed by atoms with Gasteiger partial charge in [0.05, 0.1) is 37.9 Å². The van der Waals surface area contributed by atoms with E-state index in [0.717, 1.165) is 82.7 Å². The number of ether oxygens (including phenoxy) is 1. The first-order valence-electron chi connectivity index (χ1n) is 15.6. The first-order chi connectivity index (χ1) is 23.2. The topological polar surface area (TPSA) is 32.2 Å². The third-order valence-electron chi connectivity index (χ3n) is 9.25. The highest BCUT2D eigenvalue weighted by molar-refractivity contribution is 6.32. The van der Waals surface area contributed by atoms with Gasteiger partial charge in [-0.3, -0.25) is 0 Å². The summed E-state index contributed by atoms with van der Waals surface area (Å²) in [5.41, 5.74) is 8.17. The van der Waals surface area contributed by atoms with E-state index in [1.165, 1.54) is 0 Å². The lowest BCUT2D eigenvalue weighted by Gasteiger charge is -2.13. The summed E-state index contributed by atoms with van der Waals surface area (Å²) in [5.74, 6) is 1.35. The molecule has 0 N–H and O–H groups in total. The Balaban J connectivity index is 1.13. The lowest BCUT2D eigenvalue weighted by molar-refractivity contribution is 0.489. The van der Waals surface area contributed by atoms with Gasteiger partial charge in [-0.15, -0.1) is 0 Å². The van der Waals surface area contributed by atoms with E-state index >= 15 is 0 Å². The molecular weight excluding hydrogens is 600 g/mol. The number of benzene rings is 7. The SMILES string of the molecule is Clc1cc(-n2c3ccccc3c3c4oc5ccccc5c4ccc32)ccc1Oc1cccc2c1c1ccccc1n2-c1ccccc1. The molecule has 47 heavy (non-hydrogen) atoms. The van der Waals surface area contributed by atoms with Gasteiger partial charge in [-0.1, -0.05) is 90.5 Å². The summed E-state index contributed by atoms with van der Waals surface area (Å²) in [6.07, 6.45) is 0. The molecule has 5 heteroatoms. The predicted molar refractivity (Wildman–Crippen MR) is 194 cm³/mol. The molecule has 0 unspecified atom stereocenters. The molecule has 10 aromatic rings. The Morgan fingerprint density at radius 3 is 1.87 bits per heavy atom. The summed E-state index contributed by atoms with van der Waals surface area (Å²) in [4.78, 5) is 0. The van der Waals surface area contributed by atoms with Crippen LogP contribution in [0.15, 0.2) is 156 Å². The van der Waals surface area contributed by atoms with Crippen LogP contribution in [0.4, 0.5) is 0 Å². The first kappa shape index (κ1) is 26.3. The summed E-state index contributed by atoms with van der Waals surface area (Å²) in [5, 5.41) is 7.15. The fourth-order valence-electron chi connectivity index (χ4n) is 7.27. The van der Waals surface area contributed by atoms with Crippen LogP contribution in [0, 0.1) is 0 Å². The van der Waals surface area contributed by atoms with Crippen LogP contribution in [0.1, 0.15) is 0 Å². The van der Waals surface area contributed by atoms with Crippen molar-refractivity contribution < 1.29 is 9.15 Å². The zero-order valence-corrected chi connectivity index (χ0v) is 25.8. The van der Waals surface area contributed by atoms with Crippen LogP contribution in [-0.4, -0.2) is 9.13 Å². The third kappa shape index (κ3) is 3.82. The first-order valence-corrected chi connectivity index (χ1v) is 16.0. The number of aromatic nitrogens is 2. The maximum atomic E-state index is 7.06. The maximum Gasteiger partial charge on any atom is 0.146 e. The van der Waals surface area contributed by atoms with Crippen molar-refractivity contribution in [1.82, 2.24) is 9.13 Å². The molecule has 0 fully saturated rings. The molecule has 222 valence electrons. The number of para-hydroxylation sites is 4. The summed E-state index contributed by atoms with van der Waals surface area (Å²) in [6, 6.07) is 52.1. The zero-order valence-electron chi connectivity index (χ0n) is 25.0. The van der Waals surface area contributed by atoms with E-state index in [2.05, 4.69) is 118 Å². The van der Waals surface area contributed by atoms with E-state index in [0.29, 0.717) is 10.8 Å². The minimum atomic E-state index is 0.530. The van der Waals surface area contributed by atoms with Gasteiger partial charge >= 0.3 is 0 Å². The molecule has 0 aliphatic carbocycles. The average molecular weight is 625 g/mol. The number of rotatable bonds is 4. The fraction of sp³-hybridized carbons (Fsp3) is 0. The number of hydrogen-bond acceptors (Lipinski definition) is 2. The molecule has 0 spiro atoms. The highest BCUT2D eigenvalue weighted by atomic mass is 35.5. The second-order valence-electron chi connectivity index (χ2n) is 11.8. The second-order valence-corrected chi connectivity index (χ2v) is 12.2. The van der Waals surface area contributed by atoms with E-state index < -0.39 is 0 Å². The number of furan rings is 1. The molecule has 7 aromatic carbocycles. The van der Waals surface area contributed by atoms with Gasteiger partial charge in [0.25, 0.3) is 0 Å². The predicted octanol–water partition coefficient (Wildman–Crippen LogP) is 12.2. The van der Waals surface area contributed by atoms with Gasteiger partial charge in [0, 0.05) is 32.9 Å². The minimum absolute atomic E-state index is 0.530. The lowest BCUT2D eigenvalue weighted by Crippen LogP contribution is -1.95. The van der Waals surface area contributed by atoms with E-state index in [-0.39, 0.29) is 0 Å². The van der Waals surface area contributed by atoms with Gasteiger partial charge in [-0.2, -0.15) is 0 Å². The summed E-state index contributed by atoms with van der Waals surface area (Å²) in [7, 11) is 0. The van der Waals surface area contributed by atoms with E-state index in [4.69, 9.17) is 20.8 Å². The van der Waals surface area contributed by atoms with Crippen LogP contribution < -0.4 is 4.74 Å². The third-order valence-corrected chi connectivity index (χ3v) is 9.54. The number of nitrogens with zero attached hydrogens (tertiary/aromatic N) is 2. The van der Waals surface area contributed by atoms with Crippen LogP contribution in [-0.2, 0) is 0 Å². The molecule has 0 aliphatic heterocycles. The highest BCUT2D eigenvalue weighted by Crippen LogP contribution is 2.43. The summed E-state index contributed by atoms with van der Waals surface area (Å²) in [6.45, 7) is 0. The Hall–Kier alpha value is -5.97. The molecule has 0 bridgehead atoms. The molecule has 0 saturated heterocycles. The molecule has 0 amide bonds. The molecule has 0 aliphatic rings. The maximum absolute atomic E-state index is 7.06. The van der Waals surface area contributed by atoms with Crippen molar-refractivity contribution in [2.45, 2.75) is 0 Å². The van der Waals surface area contributed by atoms with Gasteiger partial charge in [-0.05, 0) is 72.8 Å². The van der Waals surface area contributed by atoms with Crippen molar-refractivity contribution in [3.8, 4) is 22.9 Å². The minimum Gasteiger partial charge on any atom is -0.455 e. The van der Waals surface area contributed by atoms with E-state index in [1.54, 1.807) is 0 Å². The molecule has 3 heterocycles. The van der Waals surface area contributed by atoms with Gasteiger partial charge < -0.3 is 18.3 Å². The number of halogens is 1. The van der Waals surface area contributed by atoms with Crippen molar-refractivity contribution in [3.63, 3.8) is 0 Å². The van der Waals surface area contributed by atoms with Crippen LogP contribution in [0.2, 0.25) is 5.02 Å². The standard InChI is InChI=1S/C42H25ClN2O2/c43-32-25-27(45-34-17-8-5-15-31(34)41-36(45)23-22-29-28-13-6-9-19-37(28)47-42(29)41)21-24-38(32)46-39-20-10-18-35-40(39)30-14-4-7-16-33(30)44(35)26-11-2-1-3-12-26/h1-25H. The Kier molecular flexibility index (Phi) is 5.60. The lowest BCUT2D eigenvalue weighted by atomic mass is 10.1. The van der Waals surface area contributed by atoms with Crippen molar-refractivity contribution in [3.05, 3.63) is 157 Å². The van der Waals surface area contributed by atoms with Gasteiger partial charge in [0.1, 0.15) is 22.7 Å². The Morgan fingerprint density at radius 1 is 0.447 bits per heavy atom. The molecule has 3 aromatic heterocycles. The summed E-state index contributed by atoms with van der Waals surface area (Å²) < 4.78 is 17.6. The normalized spacial score (nSPS) is 11.9. The smallest absolute Gasteiger partial charge is 0.146 e. The second kappa shape index (κ2) is 10.0. The monoisotopic (exact) mass is 624 g/mol. The summed E-state index contributed by atoms with van der Waals surface area (Å²) >= 11 is 7.06. The zero-order chi connectivity index (χ0) is 31.1. The van der Waals surface area contributed by atoms with E-state index in [1.807, 2.05) is 42.5 Å². The van der Waals surface area contributed by atoms with Crippen LogP contribution in [0.3, 0.4) is 0 Å². The molecule has 10 rings (SSSR count). The van der Waals surface area contributed by atoms with Gasteiger partial charge in [0.2, 0.25) is 0 Å². The fourth-order valence-corrected chi connectivity index (χ4v) is 7.48. The van der Waals surface area contributed by atoms with Gasteiger partial charge in [-0.25, -0.2) is 0 Å². The Morgan fingerprint density at radius 2 is 1.09 bits per heavy atom. The van der Waals surface area contributed by atoms with E-state index in [9.17, 15) is 0 Å². The van der Waals surface area contributed by atoms with Crippen LogP contribution in [0.25, 0.3) is 76.9 Å². The molecule has 0 saturated carbocycles. The molecule has 0 atom stereocenters. The Bertz CT molecular complexity index is 2840. The average Bonchev–Trinajstić information content (AvgIpc) is 3.77. The van der Waals surface area contributed by atoms with Crippen LogP contribution in [0.5, 0.6) is 11.5 Å². The quantitative estimate of drug-likeness (QED) is 0.195. The molecule has 4 nitrogen and oxygen atoms in total. The largest absolute Gasteiger partial charge is 0.455 e. The molecule has 0 radical (unpaired) electrons. The Labute approximate surface area is 274 Å². The van der Waals surface area contributed by atoms with Crippen molar-refractivity contribution in [2.75, 3.05) is 0 Å². The van der Waals surface area contributed by atoms with Crippen molar-refractivity contribution in [2.24, 2.45) is 0 Å². The number of fused-ring (bicyclic) bond motifs is 10. The van der Waals surface area contributed by atoms with Crippen molar-refractivity contribution >= 4 is 77.2 Å². The number of hydrogen-bond donors (Lipinski definition) is 0. The highest BCUT2D eigenvalue weighted by Gasteiger charge is 2.20.